The summed E-state index contributed by atoms with van der Waals surface area (Å²) >= 11 is 7.06. The molecule has 2 aromatic heterocycles. The van der Waals surface area contributed by atoms with Crippen LogP contribution in [0, 0.1) is 0 Å². The number of rotatable bonds is 3. The van der Waals surface area contributed by atoms with E-state index in [0.29, 0.717) is 16.3 Å². The highest BCUT2D eigenvalue weighted by Crippen LogP contribution is 2.25. The van der Waals surface area contributed by atoms with Gasteiger partial charge in [0.25, 0.3) is 0 Å². The number of aromatic nitrogens is 3. The standard InChI is InChI=1S/C13H8ClN3OS/c14-12-11(8-18)19-13(16-12)17-7-10(6-15-17)9-4-2-1-3-5-9/h1-8H. The Hall–Kier alpha value is -1.98. The second-order valence-electron chi connectivity index (χ2n) is 3.81. The summed E-state index contributed by atoms with van der Waals surface area (Å²) in [5, 5.41) is 5.03. The molecule has 3 aromatic rings. The van der Waals surface area contributed by atoms with Crippen LogP contribution in [-0.4, -0.2) is 21.1 Å². The maximum absolute atomic E-state index is 10.8. The van der Waals surface area contributed by atoms with Gasteiger partial charge in [-0.05, 0) is 5.56 Å². The first-order valence-corrected chi connectivity index (χ1v) is 6.69. The monoisotopic (exact) mass is 289 g/mol. The van der Waals surface area contributed by atoms with Gasteiger partial charge in [0.1, 0.15) is 4.88 Å². The van der Waals surface area contributed by atoms with Gasteiger partial charge in [0.15, 0.2) is 11.4 Å². The lowest BCUT2D eigenvalue weighted by Gasteiger charge is -1.95. The van der Waals surface area contributed by atoms with E-state index in [1.54, 1.807) is 10.9 Å². The van der Waals surface area contributed by atoms with Crippen molar-refractivity contribution in [2.45, 2.75) is 0 Å². The summed E-state index contributed by atoms with van der Waals surface area (Å²) < 4.78 is 1.62. The first-order chi connectivity index (χ1) is 9.28. The Labute approximate surface area is 118 Å². The topological polar surface area (TPSA) is 47.8 Å². The van der Waals surface area contributed by atoms with Crippen molar-refractivity contribution in [1.29, 1.82) is 0 Å². The number of halogens is 1. The Morgan fingerprint density at radius 1 is 1.21 bits per heavy atom. The number of carbonyl (C=O) groups is 1. The van der Waals surface area contributed by atoms with E-state index in [4.69, 9.17) is 11.6 Å². The minimum absolute atomic E-state index is 0.215. The van der Waals surface area contributed by atoms with Gasteiger partial charge in [-0.2, -0.15) is 5.10 Å². The summed E-state index contributed by atoms with van der Waals surface area (Å²) in [6, 6.07) is 9.92. The molecule has 6 heteroatoms. The van der Waals surface area contributed by atoms with E-state index in [1.165, 1.54) is 11.3 Å². The predicted octanol–water partition coefficient (Wildman–Crippen LogP) is 3.46. The molecule has 3 rings (SSSR count). The van der Waals surface area contributed by atoms with Crippen LogP contribution < -0.4 is 0 Å². The molecule has 0 saturated heterocycles. The molecule has 0 atom stereocenters. The molecule has 0 fully saturated rings. The smallest absolute Gasteiger partial charge is 0.212 e. The summed E-state index contributed by atoms with van der Waals surface area (Å²) in [6.45, 7) is 0. The lowest BCUT2D eigenvalue weighted by molar-refractivity contribution is 0.112. The van der Waals surface area contributed by atoms with E-state index >= 15 is 0 Å². The van der Waals surface area contributed by atoms with Gasteiger partial charge >= 0.3 is 0 Å². The van der Waals surface area contributed by atoms with Crippen LogP contribution in [0.3, 0.4) is 0 Å². The largest absolute Gasteiger partial charge is 0.297 e. The van der Waals surface area contributed by atoms with Gasteiger partial charge in [-0.1, -0.05) is 53.3 Å². The number of aldehydes is 1. The molecule has 0 bridgehead atoms. The third-order valence-corrected chi connectivity index (χ3v) is 3.96. The van der Waals surface area contributed by atoms with Crippen LogP contribution in [0.15, 0.2) is 42.7 Å². The molecule has 94 valence electrons. The van der Waals surface area contributed by atoms with Crippen molar-refractivity contribution in [3.63, 3.8) is 0 Å². The molecular weight excluding hydrogens is 282 g/mol. The average molecular weight is 290 g/mol. The fourth-order valence-electron chi connectivity index (χ4n) is 1.68. The number of carbonyl (C=O) groups excluding carboxylic acids is 1. The van der Waals surface area contributed by atoms with Crippen molar-refractivity contribution in [3.8, 4) is 16.3 Å². The first kappa shape index (κ1) is 12.1. The molecule has 0 spiro atoms. The van der Waals surface area contributed by atoms with E-state index in [2.05, 4.69) is 10.1 Å². The fraction of sp³-hybridized carbons (Fsp3) is 0. The number of hydrogen-bond acceptors (Lipinski definition) is 4. The van der Waals surface area contributed by atoms with E-state index in [0.717, 1.165) is 11.1 Å². The highest BCUT2D eigenvalue weighted by molar-refractivity contribution is 7.16. The Morgan fingerprint density at radius 3 is 2.68 bits per heavy atom. The Morgan fingerprint density at radius 2 is 2.00 bits per heavy atom. The SMILES string of the molecule is O=Cc1sc(-n2cc(-c3ccccc3)cn2)nc1Cl. The summed E-state index contributed by atoms with van der Waals surface area (Å²) in [5.74, 6) is 0. The lowest BCUT2D eigenvalue weighted by Crippen LogP contribution is -1.91. The fourth-order valence-corrected chi connectivity index (χ4v) is 2.68. The van der Waals surface area contributed by atoms with E-state index in [-0.39, 0.29) is 5.15 Å². The van der Waals surface area contributed by atoms with Crippen molar-refractivity contribution >= 4 is 29.2 Å². The summed E-state index contributed by atoms with van der Waals surface area (Å²) in [5.41, 5.74) is 2.06. The second-order valence-corrected chi connectivity index (χ2v) is 5.18. The molecule has 4 nitrogen and oxygen atoms in total. The zero-order valence-corrected chi connectivity index (χ0v) is 11.2. The predicted molar refractivity (Wildman–Crippen MR) is 75.1 cm³/mol. The lowest BCUT2D eigenvalue weighted by atomic mass is 10.1. The van der Waals surface area contributed by atoms with Crippen molar-refractivity contribution < 1.29 is 4.79 Å². The molecular formula is C13H8ClN3OS. The third-order valence-electron chi connectivity index (χ3n) is 2.59. The van der Waals surface area contributed by atoms with Crippen molar-refractivity contribution in [2.75, 3.05) is 0 Å². The van der Waals surface area contributed by atoms with Gasteiger partial charge in [0, 0.05) is 11.8 Å². The Bertz CT molecular complexity index is 721. The summed E-state index contributed by atoms with van der Waals surface area (Å²) in [7, 11) is 0. The molecule has 0 aliphatic rings. The minimum Gasteiger partial charge on any atom is -0.297 e. The van der Waals surface area contributed by atoms with Crippen LogP contribution in [-0.2, 0) is 0 Å². The highest BCUT2D eigenvalue weighted by Gasteiger charge is 2.11. The number of thiazole rings is 1. The second kappa shape index (κ2) is 4.95. The normalized spacial score (nSPS) is 10.6. The van der Waals surface area contributed by atoms with Gasteiger partial charge in [0.05, 0.1) is 6.20 Å². The van der Waals surface area contributed by atoms with Crippen LogP contribution in [0.4, 0.5) is 0 Å². The van der Waals surface area contributed by atoms with Crippen molar-refractivity contribution in [2.24, 2.45) is 0 Å². The summed E-state index contributed by atoms with van der Waals surface area (Å²) in [6.07, 6.45) is 4.31. The Balaban J connectivity index is 1.99. The molecule has 0 aliphatic heterocycles. The van der Waals surface area contributed by atoms with Gasteiger partial charge in [-0.3, -0.25) is 4.79 Å². The summed E-state index contributed by atoms with van der Waals surface area (Å²) in [4.78, 5) is 15.3. The molecule has 0 N–H and O–H groups in total. The van der Waals surface area contributed by atoms with Crippen LogP contribution in [0.5, 0.6) is 0 Å². The molecule has 0 radical (unpaired) electrons. The zero-order chi connectivity index (χ0) is 13.2. The quantitative estimate of drug-likeness (QED) is 0.694. The number of hydrogen-bond donors (Lipinski definition) is 0. The maximum atomic E-state index is 10.8. The van der Waals surface area contributed by atoms with Crippen LogP contribution in [0.25, 0.3) is 16.3 Å². The maximum Gasteiger partial charge on any atom is 0.212 e. The zero-order valence-electron chi connectivity index (χ0n) is 9.65. The number of nitrogens with zero attached hydrogens (tertiary/aromatic N) is 3. The van der Waals surface area contributed by atoms with Crippen molar-refractivity contribution in [1.82, 2.24) is 14.8 Å². The van der Waals surface area contributed by atoms with E-state index in [9.17, 15) is 4.79 Å². The molecule has 2 heterocycles. The minimum atomic E-state index is 0.215. The Kier molecular flexibility index (Phi) is 3.15. The van der Waals surface area contributed by atoms with E-state index < -0.39 is 0 Å². The van der Waals surface area contributed by atoms with Gasteiger partial charge < -0.3 is 0 Å². The molecule has 19 heavy (non-hydrogen) atoms. The van der Waals surface area contributed by atoms with Gasteiger partial charge in [-0.15, -0.1) is 0 Å². The van der Waals surface area contributed by atoms with Gasteiger partial charge in [-0.25, -0.2) is 9.67 Å². The van der Waals surface area contributed by atoms with Crippen molar-refractivity contribution in [3.05, 3.63) is 52.8 Å². The van der Waals surface area contributed by atoms with E-state index in [1.807, 2.05) is 36.5 Å². The van der Waals surface area contributed by atoms with Gasteiger partial charge in [0.2, 0.25) is 5.13 Å². The first-order valence-electron chi connectivity index (χ1n) is 5.50. The van der Waals surface area contributed by atoms with Crippen LogP contribution in [0.1, 0.15) is 9.67 Å². The average Bonchev–Trinajstić information content (AvgIpc) is 3.06. The molecule has 1 aromatic carbocycles. The number of benzene rings is 1. The molecule has 0 amide bonds. The molecule has 0 saturated carbocycles. The highest BCUT2D eigenvalue weighted by atomic mass is 35.5. The van der Waals surface area contributed by atoms with Crippen LogP contribution in [0.2, 0.25) is 5.15 Å². The molecule has 0 aliphatic carbocycles. The third kappa shape index (κ3) is 2.30. The molecule has 0 unspecified atom stereocenters. The van der Waals surface area contributed by atoms with Crippen LogP contribution >= 0.6 is 22.9 Å².